The fraction of sp³-hybridized carbons (Fsp3) is 0.750. The normalized spacial score (nSPS) is 10.0. The summed E-state index contributed by atoms with van der Waals surface area (Å²) < 4.78 is 24.3. The maximum absolute atomic E-state index is 11.8. The molecule has 1 radical (unpaired) electrons. The van der Waals surface area contributed by atoms with Crippen molar-refractivity contribution in [2.24, 2.45) is 0 Å². The smallest absolute Gasteiger partial charge is 0.390 e. The Morgan fingerprint density at radius 2 is 2.10 bits per heavy atom. The third-order valence-electron chi connectivity index (χ3n) is 0.507. The maximum Gasteiger partial charge on any atom is 0.390 e. The fourth-order valence-corrected chi connectivity index (χ4v) is 0.369. The predicted molar refractivity (Wildman–Crippen MR) is 41.4 cm³/mol. The van der Waals surface area contributed by atoms with Crippen LogP contribution in [0, 0.1) is 0 Å². The van der Waals surface area contributed by atoms with Gasteiger partial charge in [-0.2, -0.15) is 8.78 Å². The van der Waals surface area contributed by atoms with Crippen molar-refractivity contribution in [3.05, 3.63) is 0 Å². The number of ether oxygens (including phenoxy) is 1. The molecule has 0 fully saturated rings. The molecule has 0 saturated carbocycles. The molecule has 0 aliphatic heterocycles. The Bertz CT molecular complexity index is 114. The van der Waals surface area contributed by atoms with Crippen LogP contribution in [0.1, 0.15) is 6.92 Å². The monoisotopic (exact) mass is 273 g/mol. The molecular weight excluding hydrogens is 268 g/mol. The number of rotatable bonds is 2. The minimum absolute atomic E-state index is 0. The summed E-state index contributed by atoms with van der Waals surface area (Å²) in [5, 5.41) is 0. The quantitative estimate of drug-likeness (QED) is 0.327. The number of esters is 1. The van der Waals surface area contributed by atoms with Crippen molar-refractivity contribution in [1.82, 2.24) is 0 Å². The van der Waals surface area contributed by atoms with Crippen molar-refractivity contribution in [1.29, 1.82) is 0 Å². The van der Waals surface area contributed by atoms with Gasteiger partial charge in [0.2, 0.25) is 0 Å². The van der Waals surface area contributed by atoms with E-state index >= 15 is 0 Å². The molecule has 2 nitrogen and oxygen atoms in total. The van der Waals surface area contributed by atoms with Crippen molar-refractivity contribution in [2.45, 2.75) is 10.9 Å². The summed E-state index contributed by atoms with van der Waals surface area (Å²) >= 11 is 0.718. The van der Waals surface area contributed by atoms with Crippen LogP contribution >= 0.6 is 22.6 Å². The second kappa shape index (κ2) is 5.68. The van der Waals surface area contributed by atoms with Gasteiger partial charge in [0.15, 0.2) is 0 Å². The topological polar surface area (TPSA) is 26.3 Å². The summed E-state index contributed by atoms with van der Waals surface area (Å²) in [5.41, 5.74) is 0. The number of carbonyl (C=O) groups is 1. The van der Waals surface area contributed by atoms with E-state index in [9.17, 15) is 13.6 Å². The average molecular weight is 273 g/mol. The van der Waals surface area contributed by atoms with E-state index < -0.39 is 9.90 Å². The number of hydrogen-bond donors (Lipinski definition) is 0. The van der Waals surface area contributed by atoms with Crippen LogP contribution in [0.25, 0.3) is 0 Å². The van der Waals surface area contributed by atoms with Gasteiger partial charge < -0.3 is 4.74 Å². The molecule has 0 saturated heterocycles. The molecule has 0 unspecified atom stereocenters. The summed E-state index contributed by atoms with van der Waals surface area (Å²) in [6.07, 6.45) is 0. The molecule has 0 aliphatic rings. The summed E-state index contributed by atoms with van der Waals surface area (Å²) in [7, 11) is 0. The Morgan fingerprint density at radius 1 is 1.70 bits per heavy atom. The zero-order valence-electron chi connectivity index (χ0n) is 5.66. The Kier molecular flexibility index (Phi) is 7.74. The van der Waals surface area contributed by atoms with Crippen LogP contribution in [0.4, 0.5) is 8.78 Å². The van der Waals surface area contributed by atoms with Crippen LogP contribution in [-0.2, 0) is 9.53 Å². The number of halogens is 3. The molecule has 0 aromatic heterocycles. The summed E-state index contributed by atoms with van der Waals surface area (Å²) in [6, 6.07) is 0. The molecule has 0 heterocycles. The molecule has 0 rings (SSSR count). The number of hydrogen-bond acceptors (Lipinski definition) is 2. The van der Waals surface area contributed by atoms with Crippen LogP contribution in [0.5, 0.6) is 0 Å². The largest absolute Gasteiger partial charge is 0.461 e. The molecule has 0 bridgehead atoms. The molecule has 0 N–H and O–H groups in total. The standard InChI is InChI=1S/C4H5F2IO2.Na/c1-2-9-3(8)4(5,6)7;/h2H2,1H3;. The average Bonchev–Trinajstić information content (AvgIpc) is 1.64. The Hall–Kier alpha value is 1.06. The first-order valence-electron chi connectivity index (χ1n) is 2.22. The zero-order chi connectivity index (χ0) is 7.49. The molecule has 0 amide bonds. The molecule has 0 aromatic rings. The van der Waals surface area contributed by atoms with Gasteiger partial charge >= 0.3 is 9.90 Å². The van der Waals surface area contributed by atoms with Crippen LogP contribution in [0.15, 0.2) is 0 Å². The summed E-state index contributed by atoms with van der Waals surface area (Å²) in [6.45, 7) is 1.46. The molecule has 0 aliphatic carbocycles. The van der Waals surface area contributed by atoms with Gasteiger partial charge in [0, 0.05) is 52.1 Å². The van der Waals surface area contributed by atoms with E-state index in [1.54, 1.807) is 0 Å². The molecule has 10 heavy (non-hydrogen) atoms. The van der Waals surface area contributed by atoms with E-state index in [1.165, 1.54) is 6.92 Å². The van der Waals surface area contributed by atoms with Crippen LogP contribution in [-0.4, -0.2) is 46.1 Å². The number of carbonyl (C=O) groups excluding carboxylic acids is 1. The van der Waals surface area contributed by atoms with Crippen LogP contribution in [0.2, 0.25) is 0 Å². The van der Waals surface area contributed by atoms with Crippen molar-refractivity contribution in [3.8, 4) is 0 Å². The molecule has 6 heteroatoms. The van der Waals surface area contributed by atoms with E-state index in [4.69, 9.17) is 0 Å². The summed E-state index contributed by atoms with van der Waals surface area (Å²) in [4.78, 5) is 10.1. The van der Waals surface area contributed by atoms with E-state index in [0.717, 1.165) is 22.6 Å². The molecule has 55 valence electrons. The van der Waals surface area contributed by atoms with E-state index in [0.29, 0.717) is 0 Å². The molecule has 0 aromatic carbocycles. The zero-order valence-corrected chi connectivity index (χ0v) is 9.81. The van der Waals surface area contributed by atoms with E-state index in [-0.39, 0.29) is 36.2 Å². The number of alkyl halides is 3. The second-order valence-corrected chi connectivity index (χ2v) is 2.57. The third-order valence-corrected chi connectivity index (χ3v) is 0.947. The van der Waals surface area contributed by atoms with Gasteiger partial charge in [0.05, 0.1) is 6.61 Å². The summed E-state index contributed by atoms with van der Waals surface area (Å²) in [5.74, 6) is -1.48. The van der Waals surface area contributed by atoms with Gasteiger partial charge in [0.25, 0.3) is 0 Å². The molecule has 0 atom stereocenters. The Balaban J connectivity index is 0. The van der Waals surface area contributed by atoms with Crippen molar-refractivity contribution < 1.29 is 18.3 Å². The van der Waals surface area contributed by atoms with Crippen LogP contribution < -0.4 is 0 Å². The fourth-order valence-electron chi connectivity index (χ4n) is 0.213. The molecule has 0 spiro atoms. The van der Waals surface area contributed by atoms with Gasteiger partial charge in [-0.1, -0.05) is 0 Å². The van der Waals surface area contributed by atoms with Crippen molar-refractivity contribution in [3.63, 3.8) is 0 Å². The van der Waals surface area contributed by atoms with Crippen molar-refractivity contribution in [2.75, 3.05) is 6.61 Å². The van der Waals surface area contributed by atoms with Gasteiger partial charge in [-0.05, 0) is 6.92 Å². The SMILES string of the molecule is CCOC(=O)C(F)(F)I.[Na]. The maximum atomic E-state index is 11.8. The minimum atomic E-state index is -3.38. The van der Waals surface area contributed by atoms with Gasteiger partial charge in [-0.25, -0.2) is 4.79 Å². The van der Waals surface area contributed by atoms with Crippen LogP contribution in [0.3, 0.4) is 0 Å². The predicted octanol–water partition coefficient (Wildman–Crippen LogP) is 1.20. The third kappa shape index (κ3) is 5.82. The van der Waals surface area contributed by atoms with E-state index in [1.807, 2.05) is 0 Å². The Morgan fingerprint density at radius 3 is 2.20 bits per heavy atom. The first kappa shape index (κ1) is 13.6. The Labute approximate surface area is 93.1 Å². The second-order valence-electron chi connectivity index (χ2n) is 1.22. The van der Waals surface area contributed by atoms with Gasteiger partial charge in [-0.3, -0.25) is 0 Å². The van der Waals surface area contributed by atoms with Gasteiger partial charge in [0.1, 0.15) is 0 Å². The first-order valence-corrected chi connectivity index (χ1v) is 3.30. The van der Waals surface area contributed by atoms with E-state index in [2.05, 4.69) is 4.74 Å². The first-order chi connectivity index (χ1) is 3.98. The molecular formula is C4H5F2INaO2. The van der Waals surface area contributed by atoms with Crippen molar-refractivity contribution >= 4 is 58.1 Å². The van der Waals surface area contributed by atoms with Gasteiger partial charge in [-0.15, -0.1) is 0 Å². The minimum Gasteiger partial charge on any atom is -0.461 e.